The van der Waals surface area contributed by atoms with Gasteiger partial charge in [-0.3, -0.25) is 4.79 Å². The molecule has 0 unspecified atom stereocenters. The predicted molar refractivity (Wildman–Crippen MR) is 78.5 cm³/mol. The summed E-state index contributed by atoms with van der Waals surface area (Å²) in [4.78, 5) is 14.7. The van der Waals surface area contributed by atoms with E-state index in [1.165, 1.54) is 6.42 Å². The van der Waals surface area contributed by atoms with Gasteiger partial charge in [-0.05, 0) is 18.9 Å². The molecule has 0 N–H and O–H groups in total. The van der Waals surface area contributed by atoms with Crippen molar-refractivity contribution in [3.8, 4) is 0 Å². The molecule has 3 rings (SSSR count). The second kappa shape index (κ2) is 5.58. The highest BCUT2D eigenvalue weighted by molar-refractivity contribution is 6.41. The Bertz CT molecular complexity index is 527. The van der Waals surface area contributed by atoms with Gasteiger partial charge < -0.3 is 14.2 Å². The molecule has 1 saturated heterocycles. The number of aromatic nitrogens is 1. The summed E-state index contributed by atoms with van der Waals surface area (Å²) in [5.41, 5.74) is 0.547. The van der Waals surface area contributed by atoms with E-state index < -0.39 is 0 Å². The fourth-order valence-corrected chi connectivity index (χ4v) is 3.62. The first-order chi connectivity index (χ1) is 9.59. The number of hydrogen-bond donors (Lipinski definition) is 0. The Labute approximate surface area is 128 Å². The molecule has 110 valence electrons. The van der Waals surface area contributed by atoms with E-state index >= 15 is 0 Å². The quantitative estimate of drug-likeness (QED) is 0.797. The van der Waals surface area contributed by atoms with Crippen LogP contribution in [0.3, 0.4) is 0 Å². The van der Waals surface area contributed by atoms with Gasteiger partial charge >= 0.3 is 0 Å². The van der Waals surface area contributed by atoms with Crippen LogP contribution in [-0.2, 0) is 11.8 Å². The molecule has 1 saturated carbocycles. The molecular formula is C14H18Cl2N2O2. The Kier molecular flexibility index (Phi) is 3.98. The first-order valence-corrected chi connectivity index (χ1v) is 7.78. The number of morpholine rings is 1. The van der Waals surface area contributed by atoms with Crippen LogP contribution in [0.25, 0.3) is 0 Å². The monoisotopic (exact) mass is 316 g/mol. The molecule has 2 fully saturated rings. The Balaban J connectivity index is 1.87. The van der Waals surface area contributed by atoms with Crippen molar-refractivity contribution in [3.05, 3.63) is 21.9 Å². The molecule has 1 aromatic heterocycles. The van der Waals surface area contributed by atoms with Crippen LogP contribution in [0.5, 0.6) is 0 Å². The topological polar surface area (TPSA) is 34.5 Å². The fraction of sp³-hybridized carbons (Fsp3) is 0.643. The van der Waals surface area contributed by atoms with E-state index in [-0.39, 0.29) is 18.1 Å². The number of amides is 1. The number of carbonyl (C=O) groups is 1. The average molecular weight is 317 g/mol. The summed E-state index contributed by atoms with van der Waals surface area (Å²) < 4.78 is 7.46. The van der Waals surface area contributed by atoms with Crippen LogP contribution in [0.2, 0.25) is 10.2 Å². The highest BCUT2D eigenvalue weighted by Crippen LogP contribution is 2.31. The highest BCUT2D eigenvalue weighted by atomic mass is 35.5. The number of hydrogen-bond acceptors (Lipinski definition) is 2. The third-order valence-corrected chi connectivity index (χ3v) is 5.17. The fourth-order valence-electron chi connectivity index (χ4n) is 3.24. The van der Waals surface area contributed by atoms with Gasteiger partial charge in [-0.1, -0.05) is 36.0 Å². The Morgan fingerprint density at radius 1 is 1.35 bits per heavy atom. The second-order valence-corrected chi connectivity index (χ2v) is 6.25. The molecule has 0 bridgehead atoms. The van der Waals surface area contributed by atoms with Gasteiger partial charge in [0.05, 0.1) is 23.8 Å². The molecule has 0 radical (unpaired) electrons. The van der Waals surface area contributed by atoms with Gasteiger partial charge in [0.25, 0.3) is 5.91 Å². The number of rotatable bonds is 1. The summed E-state index contributed by atoms with van der Waals surface area (Å²) in [7, 11) is 1.76. The van der Waals surface area contributed by atoms with Crippen LogP contribution in [0.15, 0.2) is 6.07 Å². The van der Waals surface area contributed by atoms with Gasteiger partial charge in [0.1, 0.15) is 10.8 Å². The number of carbonyl (C=O) groups excluding carboxylic acids is 1. The zero-order chi connectivity index (χ0) is 14.3. The standard InChI is InChI=1S/C14H18Cl2N2O2/c1-17-11(8-9(15)13(17)16)14(19)18-6-7-20-12-5-3-2-4-10(12)18/h8,10,12H,2-7H2,1H3/t10-,12-/m1/s1. The van der Waals surface area contributed by atoms with Crippen molar-refractivity contribution in [2.24, 2.45) is 7.05 Å². The van der Waals surface area contributed by atoms with E-state index in [9.17, 15) is 4.79 Å². The number of fused-ring (bicyclic) bond motifs is 1. The van der Waals surface area contributed by atoms with E-state index in [0.29, 0.717) is 29.0 Å². The lowest BCUT2D eigenvalue weighted by Crippen LogP contribution is -2.55. The third kappa shape index (κ3) is 2.34. The molecule has 0 spiro atoms. The Morgan fingerprint density at radius 2 is 2.10 bits per heavy atom. The van der Waals surface area contributed by atoms with Crippen molar-refractivity contribution in [3.63, 3.8) is 0 Å². The number of ether oxygens (including phenoxy) is 1. The van der Waals surface area contributed by atoms with Crippen LogP contribution in [-0.4, -0.2) is 40.7 Å². The normalized spacial score (nSPS) is 26.4. The van der Waals surface area contributed by atoms with Crippen LogP contribution in [0.1, 0.15) is 36.2 Å². The molecule has 1 aliphatic carbocycles. The summed E-state index contributed by atoms with van der Waals surface area (Å²) in [5, 5.41) is 0.828. The summed E-state index contributed by atoms with van der Waals surface area (Å²) in [6, 6.07) is 1.84. The van der Waals surface area contributed by atoms with Crippen LogP contribution < -0.4 is 0 Å². The number of nitrogens with zero attached hydrogens (tertiary/aromatic N) is 2. The lowest BCUT2D eigenvalue weighted by atomic mass is 9.90. The van der Waals surface area contributed by atoms with Crippen molar-refractivity contribution >= 4 is 29.1 Å². The molecule has 1 amide bonds. The lowest BCUT2D eigenvalue weighted by Gasteiger charge is -2.43. The third-order valence-electron chi connectivity index (χ3n) is 4.33. The minimum atomic E-state index is 0.00139. The van der Waals surface area contributed by atoms with Gasteiger partial charge in [-0.15, -0.1) is 0 Å². The van der Waals surface area contributed by atoms with Crippen LogP contribution in [0, 0.1) is 0 Å². The summed E-state index contributed by atoms with van der Waals surface area (Å²) in [6.07, 6.45) is 4.59. The summed E-state index contributed by atoms with van der Waals surface area (Å²) in [6.45, 7) is 1.25. The van der Waals surface area contributed by atoms with Crippen molar-refractivity contribution in [1.82, 2.24) is 9.47 Å². The maximum atomic E-state index is 12.8. The smallest absolute Gasteiger partial charge is 0.270 e. The predicted octanol–water partition coefficient (Wildman–Crippen LogP) is 3.12. The molecular weight excluding hydrogens is 299 g/mol. The molecule has 2 atom stereocenters. The van der Waals surface area contributed by atoms with E-state index in [0.717, 1.165) is 19.3 Å². The molecule has 20 heavy (non-hydrogen) atoms. The summed E-state index contributed by atoms with van der Waals surface area (Å²) in [5.74, 6) is 0.00139. The average Bonchev–Trinajstić information content (AvgIpc) is 2.73. The van der Waals surface area contributed by atoms with E-state index in [2.05, 4.69) is 0 Å². The van der Waals surface area contributed by atoms with E-state index in [1.54, 1.807) is 17.7 Å². The van der Waals surface area contributed by atoms with Crippen LogP contribution >= 0.6 is 23.2 Å². The van der Waals surface area contributed by atoms with Gasteiger partial charge in [-0.2, -0.15) is 0 Å². The molecule has 6 heteroatoms. The zero-order valence-electron chi connectivity index (χ0n) is 11.4. The summed E-state index contributed by atoms with van der Waals surface area (Å²) >= 11 is 12.1. The van der Waals surface area contributed by atoms with Gasteiger partial charge in [-0.25, -0.2) is 0 Å². The van der Waals surface area contributed by atoms with Gasteiger partial charge in [0.15, 0.2) is 0 Å². The Morgan fingerprint density at radius 3 is 2.80 bits per heavy atom. The molecule has 2 heterocycles. The molecule has 2 aliphatic rings. The maximum absolute atomic E-state index is 12.8. The lowest BCUT2D eigenvalue weighted by molar-refractivity contribution is -0.0755. The molecule has 1 aromatic rings. The zero-order valence-corrected chi connectivity index (χ0v) is 13.0. The molecule has 4 nitrogen and oxygen atoms in total. The highest BCUT2D eigenvalue weighted by Gasteiger charge is 2.37. The van der Waals surface area contributed by atoms with Crippen molar-refractivity contribution in [2.75, 3.05) is 13.2 Å². The number of halogens is 2. The van der Waals surface area contributed by atoms with Crippen molar-refractivity contribution in [1.29, 1.82) is 0 Å². The first kappa shape index (κ1) is 14.2. The Hall–Kier alpha value is -0.710. The van der Waals surface area contributed by atoms with Gasteiger partial charge in [0.2, 0.25) is 0 Å². The first-order valence-electron chi connectivity index (χ1n) is 7.03. The minimum absolute atomic E-state index is 0.00139. The largest absolute Gasteiger partial charge is 0.374 e. The van der Waals surface area contributed by atoms with Gasteiger partial charge in [0, 0.05) is 13.6 Å². The maximum Gasteiger partial charge on any atom is 0.270 e. The van der Waals surface area contributed by atoms with Crippen molar-refractivity contribution < 1.29 is 9.53 Å². The SMILES string of the molecule is Cn1c(C(=O)N2CCO[C@@H]3CCCC[C@H]32)cc(Cl)c1Cl. The second-order valence-electron chi connectivity index (χ2n) is 5.49. The molecule has 0 aromatic carbocycles. The van der Waals surface area contributed by atoms with Crippen molar-refractivity contribution in [2.45, 2.75) is 37.8 Å². The van der Waals surface area contributed by atoms with E-state index in [1.807, 2.05) is 4.90 Å². The van der Waals surface area contributed by atoms with Crippen LogP contribution in [0.4, 0.5) is 0 Å². The molecule has 1 aliphatic heterocycles. The minimum Gasteiger partial charge on any atom is -0.374 e. The van der Waals surface area contributed by atoms with E-state index in [4.69, 9.17) is 27.9 Å².